The van der Waals surface area contributed by atoms with Crippen LogP contribution in [-0.2, 0) is 10.8 Å². The molecule has 3 heteroatoms. The monoisotopic (exact) mass is 794 g/mol. The maximum absolute atomic E-state index is 2.53. The van der Waals surface area contributed by atoms with Crippen molar-refractivity contribution in [1.29, 1.82) is 0 Å². The van der Waals surface area contributed by atoms with Gasteiger partial charge in [0.2, 0.25) is 6.71 Å². The van der Waals surface area contributed by atoms with Gasteiger partial charge in [0, 0.05) is 32.9 Å². The molecule has 296 valence electrons. The van der Waals surface area contributed by atoms with Gasteiger partial charge in [0.25, 0.3) is 0 Å². The minimum absolute atomic E-state index is 0.0833. The van der Waals surface area contributed by atoms with Crippen LogP contribution < -0.4 is 16.4 Å². The summed E-state index contributed by atoms with van der Waals surface area (Å²) in [4.78, 5) is 0. The summed E-state index contributed by atoms with van der Waals surface area (Å²) < 4.78 is 5.02. The number of rotatable bonds is 2. The highest BCUT2D eigenvalue weighted by molar-refractivity contribution is 7.01. The maximum Gasteiger partial charge on any atom is 0.244 e. The van der Waals surface area contributed by atoms with Crippen LogP contribution in [0.5, 0.6) is 0 Å². The highest BCUT2D eigenvalue weighted by Crippen LogP contribution is 2.47. The second-order valence-corrected chi connectivity index (χ2v) is 20.2. The zero-order valence-electron chi connectivity index (χ0n) is 36.5. The standard InChI is InChI=1S/C59H47BN2/c1-34-30-45-43-32-51-55(39-14-8-10-20-49(39)61(51)37-26-22-35(23-27-37)58(2,3)4)41-16-12-18-47(53(41)43)60-48-19-13-17-42-54(48)44(46(31-34)57(45)60)33-52-56(42)40-15-9-11-21-50(40)62(52)38-28-24-36(25-29-38)59(5,6)7/h8-33H,1-7H3. The number of hydrogen-bond acceptors (Lipinski definition) is 0. The fraction of sp³-hybridized carbons (Fsp3) is 0.153. The third kappa shape index (κ3) is 4.72. The maximum atomic E-state index is 2.53. The molecule has 0 saturated heterocycles. The van der Waals surface area contributed by atoms with Crippen LogP contribution in [0.4, 0.5) is 0 Å². The molecule has 2 nitrogen and oxygen atoms in total. The molecule has 62 heavy (non-hydrogen) atoms. The number of fused-ring (bicyclic) bond motifs is 12. The number of para-hydroxylation sites is 2. The first-order chi connectivity index (χ1) is 30.0. The normalized spacial score (nSPS) is 13.4. The molecule has 0 fully saturated rings. The topological polar surface area (TPSA) is 9.86 Å². The van der Waals surface area contributed by atoms with Gasteiger partial charge in [-0.15, -0.1) is 0 Å². The summed E-state index contributed by atoms with van der Waals surface area (Å²) in [5.41, 5.74) is 21.1. The first-order valence-electron chi connectivity index (χ1n) is 22.3. The molecule has 0 unspecified atom stereocenters. The summed E-state index contributed by atoms with van der Waals surface area (Å²) >= 11 is 0. The molecule has 0 saturated carbocycles. The smallest absolute Gasteiger partial charge is 0.244 e. The van der Waals surface area contributed by atoms with E-state index >= 15 is 0 Å². The van der Waals surface area contributed by atoms with Gasteiger partial charge < -0.3 is 9.13 Å². The summed E-state index contributed by atoms with van der Waals surface area (Å²) in [7, 11) is 0. The van der Waals surface area contributed by atoms with E-state index in [0.29, 0.717) is 0 Å². The summed E-state index contributed by atoms with van der Waals surface area (Å²) in [5.74, 6) is 0. The van der Waals surface area contributed by atoms with Crippen LogP contribution in [0, 0.1) is 6.92 Å². The SMILES string of the molecule is Cc1cc2c3c(c1)-c1cc4c(c5cccc(c15)B3c1cccc3c1c-2cc1c3c2ccccc2n1-c1ccc(C(C)(C)C)cc1)c1ccccc1n4-c1ccc(C(C)(C)C)cc1. The van der Waals surface area contributed by atoms with Gasteiger partial charge in [-0.2, -0.15) is 0 Å². The van der Waals surface area contributed by atoms with Gasteiger partial charge in [0.1, 0.15) is 0 Å². The van der Waals surface area contributed by atoms with Gasteiger partial charge in [0.15, 0.2) is 0 Å². The molecule has 0 amide bonds. The Kier molecular flexibility index (Phi) is 7.04. The third-order valence-electron chi connectivity index (χ3n) is 14.5. The Morgan fingerprint density at radius 2 is 0.774 bits per heavy atom. The second kappa shape index (κ2) is 12.2. The van der Waals surface area contributed by atoms with Gasteiger partial charge >= 0.3 is 0 Å². The Morgan fingerprint density at radius 1 is 0.371 bits per heavy atom. The molecule has 0 radical (unpaired) electrons. The minimum atomic E-state index is 0.0833. The highest BCUT2D eigenvalue weighted by Gasteiger charge is 2.40. The molecule has 13 rings (SSSR count). The van der Waals surface area contributed by atoms with Crippen LogP contribution in [0.1, 0.15) is 58.2 Å². The molecule has 9 aromatic carbocycles. The molecule has 0 aliphatic carbocycles. The van der Waals surface area contributed by atoms with E-state index in [1.54, 1.807) is 0 Å². The van der Waals surface area contributed by atoms with Crippen molar-refractivity contribution in [3.8, 4) is 33.6 Å². The van der Waals surface area contributed by atoms with Crippen molar-refractivity contribution in [2.45, 2.75) is 59.3 Å². The number of benzene rings is 9. The van der Waals surface area contributed by atoms with Crippen LogP contribution in [0.2, 0.25) is 0 Å². The molecule has 4 heterocycles. The molecule has 2 aliphatic heterocycles. The third-order valence-corrected chi connectivity index (χ3v) is 14.5. The lowest BCUT2D eigenvalue weighted by Crippen LogP contribution is -2.57. The number of hydrogen-bond donors (Lipinski definition) is 0. The summed E-state index contributed by atoms with van der Waals surface area (Å²) in [6.07, 6.45) is 0. The van der Waals surface area contributed by atoms with E-state index in [1.165, 1.54) is 132 Å². The van der Waals surface area contributed by atoms with Crippen molar-refractivity contribution in [2.24, 2.45) is 0 Å². The van der Waals surface area contributed by atoms with Crippen LogP contribution >= 0.6 is 0 Å². The van der Waals surface area contributed by atoms with Crippen molar-refractivity contribution < 1.29 is 0 Å². The Balaban J connectivity index is 1.13. The van der Waals surface area contributed by atoms with Crippen molar-refractivity contribution >= 4 is 88.3 Å². The van der Waals surface area contributed by atoms with E-state index in [0.717, 1.165) is 0 Å². The molecule has 11 aromatic rings. The molecule has 0 atom stereocenters. The van der Waals surface area contributed by atoms with E-state index in [1.807, 2.05) is 0 Å². The van der Waals surface area contributed by atoms with Gasteiger partial charge in [-0.05, 0) is 127 Å². The zero-order chi connectivity index (χ0) is 42.0. The van der Waals surface area contributed by atoms with Gasteiger partial charge in [-0.1, -0.05) is 167 Å². The van der Waals surface area contributed by atoms with E-state index in [2.05, 4.69) is 215 Å². The first-order valence-corrected chi connectivity index (χ1v) is 22.3. The Bertz CT molecular complexity index is 3510. The number of nitrogens with zero attached hydrogens (tertiary/aromatic N) is 2. The molecule has 2 aromatic heterocycles. The molecular weight excluding hydrogens is 747 g/mol. The van der Waals surface area contributed by atoms with Gasteiger partial charge in [-0.3, -0.25) is 0 Å². The van der Waals surface area contributed by atoms with Crippen molar-refractivity contribution in [3.05, 3.63) is 174 Å². The van der Waals surface area contributed by atoms with Crippen LogP contribution in [-0.4, -0.2) is 15.8 Å². The van der Waals surface area contributed by atoms with E-state index < -0.39 is 0 Å². The van der Waals surface area contributed by atoms with Crippen LogP contribution in [0.3, 0.4) is 0 Å². The quantitative estimate of drug-likeness (QED) is 0.154. The van der Waals surface area contributed by atoms with E-state index in [9.17, 15) is 0 Å². The predicted octanol–water partition coefficient (Wildman–Crippen LogP) is 13.6. The number of aryl methyl sites for hydroxylation is 1. The fourth-order valence-electron chi connectivity index (χ4n) is 11.7. The summed E-state index contributed by atoms with van der Waals surface area (Å²) in [6, 6.07) is 60.8. The number of aromatic nitrogens is 2. The first kappa shape index (κ1) is 35.9. The van der Waals surface area contributed by atoms with Crippen molar-refractivity contribution in [1.82, 2.24) is 9.13 Å². The Morgan fingerprint density at radius 3 is 1.19 bits per heavy atom. The zero-order valence-corrected chi connectivity index (χ0v) is 36.5. The van der Waals surface area contributed by atoms with E-state index in [-0.39, 0.29) is 17.5 Å². The molecule has 0 spiro atoms. The molecule has 0 bridgehead atoms. The van der Waals surface area contributed by atoms with Crippen LogP contribution in [0.25, 0.3) is 98.8 Å². The van der Waals surface area contributed by atoms with E-state index in [4.69, 9.17) is 0 Å². The van der Waals surface area contributed by atoms with Crippen LogP contribution in [0.15, 0.2) is 158 Å². The van der Waals surface area contributed by atoms with Crippen molar-refractivity contribution in [2.75, 3.05) is 0 Å². The predicted molar refractivity (Wildman–Crippen MR) is 268 cm³/mol. The summed E-state index contributed by atoms with van der Waals surface area (Å²) in [5, 5.41) is 10.7. The van der Waals surface area contributed by atoms with Gasteiger partial charge in [0.05, 0.1) is 22.1 Å². The average molecular weight is 795 g/mol. The lowest BCUT2D eigenvalue weighted by Gasteiger charge is -2.34. The Labute approximate surface area is 363 Å². The molecule has 2 aliphatic rings. The van der Waals surface area contributed by atoms with Gasteiger partial charge in [-0.25, -0.2) is 0 Å². The lowest BCUT2D eigenvalue weighted by atomic mass is 9.31. The lowest BCUT2D eigenvalue weighted by molar-refractivity contribution is 0.590. The Hall–Kier alpha value is -6.84. The highest BCUT2D eigenvalue weighted by atomic mass is 15.0. The average Bonchev–Trinajstić information content (AvgIpc) is 3.78. The summed E-state index contributed by atoms with van der Waals surface area (Å²) in [6.45, 7) is 16.1. The fourth-order valence-corrected chi connectivity index (χ4v) is 11.7. The second-order valence-electron chi connectivity index (χ2n) is 20.2. The molecular formula is C59H47BN2. The minimum Gasteiger partial charge on any atom is -0.309 e. The molecule has 0 N–H and O–H groups in total. The largest absolute Gasteiger partial charge is 0.309 e. The van der Waals surface area contributed by atoms with Crippen molar-refractivity contribution in [3.63, 3.8) is 0 Å².